The smallest absolute Gasteiger partial charge is 0.0426 e. The number of benzene rings is 1. The van der Waals surface area contributed by atoms with Crippen LogP contribution in [0.25, 0.3) is 0 Å². The fraction of sp³-hybridized carbons (Fsp3) is 0.600. The molecule has 0 aromatic heterocycles. The highest BCUT2D eigenvalue weighted by Crippen LogP contribution is 2.58. The Morgan fingerprint density at radius 2 is 1.81 bits per heavy atom. The van der Waals surface area contributed by atoms with Crippen LogP contribution in [0.15, 0.2) is 18.2 Å². The molecule has 0 aliphatic heterocycles. The van der Waals surface area contributed by atoms with Crippen LogP contribution in [0.1, 0.15) is 40.8 Å². The van der Waals surface area contributed by atoms with Crippen LogP contribution in [-0.4, -0.2) is 0 Å². The van der Waals surface area contributed by atoms with E-state index in [1.807, 2.05) is 0 Å². The summed E-state index contributed by atoms with van der Waals surface area (Å²) >= 11 is 3.94. The van der Waals surface area contributed by atoms with Crippen LogP contribution in [0, 0.1) is 31.6 Å². The van der Waals surface area contributed by atoms with Gasteiger partial charge in [-0.15, -0.1) is 0 Å². The molecule has 16 heavy (non-hydrogen) atoms. The largest absolute Gasteiger partial charge is 0.0836 e. The molecule has 3 unspecified atom stereocenters. The summed E-state index contributed by atoms with van der Waals surface area (Å²) in [5, 5.41) is 0. The number of fused-ring (bicyclic) bond motifs is 1. The molecule has 86 valence electrons. The van der Waals surface area contributed by atoms with Gasteiger partial charge in [0.15, 0.2) is 0 Å². The van der Waals surface area contributed by atoms with Crippen molar-refractivity contribution < 1.29 is 0 Å². The molecule has 2 saturated carbocycles. The molecule has 0 heterocycles. The Morgan fingerprint density at radius 3 is 2.44 bits per heavy atom. The zero-order valence-electron chi connectivity index (χ0n) is 10.0. The first-order valence-corrected chi connectivity index (χ1v) is 7.28. The molecule has 3 rings (SSSR count). The summed E-state index contributed by atoms with van der Waals surface area (Å²) in [6.45, 7) is 4.41. The number of rotatable bonds is 2. The average molecular weight is 279 g/mol. The lowest BCUT2D eigenvalue weighted by atomic mass is 9.92. The van der Waals surface area contributed by atoms with Crippen molar-refractivity contribution in [2.24, 2.45) is 17.8 Å². The highest BCUT2D eigenvalue weighted by Gasteiger charge is 2.47. The fourth-order valence-electron chi connectivity index (χ4n) is 3.39. The Kier molecular flexibility index (Phi) is 2.62. The van der Waals surface area contributed by atoms with Gasteiger partial charge >= 0.3 is 0 Å². The van der Waals surface area contributed by atoms with Gasteiger partial charge in [0.1, 0.15) is 0 Å². The summed E-state index contributed by atoms with van der Waals surface area (Å²) in [4.78, 5) is 0.584. The van der Waals surface area contributed by atoms with E-state index in [1.165, 1.54) is 36.0 Å². The molecule has 2 aliphatic carbocycles. The minimum absolute atomic E-state index is 0.584. The first-order valence-electron chi connectivity index (χ1n) is 6.36. The summed E-state index contributed by atoms with van der Waals surface area (Å²) in [6.07, 6.45) is 4.42. The van der Waals surface area contributed by atoms with E-state index in [4.69, 9.17) is 0 Å². The Morgan fingerprint density at radius 1 is 1.12 bits per heavy atom. The van der Waals surface area contributed by atoms with E-state index in [9.17, 15) is 0 Å². The van der Waals surface area contributed by atoms with Crippen molar-refractivity contribution in [2.45, 2.75) is 37.9 Å². The van der Waals surface area contributed by atoms with Crippen molar-refractivity contribution in [3.8, 4) is 0 Å². The summed E-state index contributed by atoms with van der Waals surface area (Å²) in [5.74, 6) is 3.04. The maximum Gasteiger partial charge on any atom is 0.0426 e. The minimum Gasteiger partial charge on any atom is -0.0836 e. The maximum atomic E-state index is 3.94. The van der Waals surface area contributed by atoms with E-state index >= 15 is 0 Å². The topological polar surface area (TPSA) is 0 Å². The first-order chi connectivity index (χ1) is 7.65. The predicted molar refractivity (Wildman–Crippen MR) is 71.9 cm³/mol. The van der Waals surface area contributed by atoms with E-state index < -0.39 is 0 Å². The Labute approximate surface area is 107 Å². The molecule has 0 spiro atoms. The standard InChI is InChI=1S/C15H19Br/c1-9-3-4-14(10(2)5-9)15(16)13-7-11-6-12(11)8-13/h3-5,11-13,15H,6-8H2,1-2H3. The van der Waals surface area contributed by atoms with E-state index in [-0.39, 0.29) is 0 Å². The van der Waals surface area contributed by atoms with Gasteiger partial charge in [-0.3, -0.25) is 0 Å². The van der Waals surface area contributed by atoms with E-state index in [2.05, 4.69) is 48.0 Å². The van der Waals surface area contributed by atoms with Gasteiger partial charge in [0, 0.05) is 4.83 Å². The van der Waals surface area contributed by atoms with Gasteiger partial charge in [-0.2, -0.15) is 0 Å². The quantitative estimate of drug-likeness (QED) is 0.683. The average Bonchev–Trinajstić information content (AvgIpc) is 2.85. The molecule has 0 bridgehead atoms. The molecule has 0 amide bonds. The summed E-state index contributed by atoms with van der Waals surface area (Å²) < 4.78 is 0. The summed E-state index contributed by atoms with van der Waals surface area (Å²) in [5.41, 5.74) is 4.33. The van der Waals surface area contributed by atoms with Crippen LogP contribution in [0.3, 0.4) is 0 Å². The van der Waals surface area contributed by atoms with Crippen molar-refractivity contribution in [3.05, 3.63) is 34.9 Å². The van der Waals surface area contributed by atoms with E-state index in [0.717, 1.165) is 17.8 Å². The second-order valence-corrected chi connectivity index (χ2v) is 6.74. The third kappa shape index (κ3) is 1.84. The molecule has 1 aromatic rings. The highest BCUT2D eigenvalue weighted by molar-refractivity contribution is 9.09. The second-order valence-electron chi connectivity index (χ2n) is 5.75. The van der Waals surface area contributed by atoms with Crippen LogP contribution >= 0.6 is 15.9 Å². The molecular weight excluding hydrogens is 260 g/mol. The number of aryl methyl sites for hydroxylation is 2. The highest BCUT2D eigenvalue weighted by atomic mass is 79.9. The lowest BCUT2D eigenvalue weighted by molar-refractivity contribution is 0.481. The van der Waals surface area contributed by atoms with Gasteiger partial charge in [0.25, 0.3) is 0 Å². The maximum absolute atomic E-state index is 3.94. The van der Waals surface area contributed by atoms with Gasteiger partial charge < -0.3 is 0 Å². The van der Waals surface area contributed by atoms with Crippen molar-refractivity contribution in [1.82, 2.24) is 0 Å². The molecule has 0 nitrogen and oxygen atoms in total. The van der Waals surface area contributed by atoms with Crippen LogP contribution < -0.4 is 0 Å². The van der Waals surface area contributed by atoms with Gasteiger partial charge in [0.05, 0.1) is 0 Å². The number of hydrogen-bond acceptors (Lipinski definition) is 0. The molecule has 0 N–H and O–H groups in total. The lowest BCUT2D eigenvalue weighted by Crippen LogP contribution is -2.07. The Balaban J connectivity index is 1.80. The predicted octanol–water partition coefficient (Wildman–Crippen LogP) is 4.79. The third-order valence-electron chi connectivity index (χ3n) is 4.42. The summed E-state index contributed by atoms with van der Waals surface area (Å²) in [6, 6.07) is 6.86. The minimum atomic E-state index is 0.584. The zero-order chi connectivity index (χ0) is 11.3. The van der Waals surface area contributed by atoms with Crippen LogP contribution in [0.5, 0.6) is 0 Å². The van der Waals surface area contributed by atoms with Crippen LogP contribution in [-0.2, 0) is 0 Å². The monoisotopic (exact) mass is 278 g/mol. The SMILES string of the molecule is Cc1ccc(C(Br)C2CC3CC3C2)c(C)c1. The molecule has 1 heteroatoms. The van der Waals surface area contributed by atoms with Crippen molar-refractivity contribution >= 4 is 15.9 Å². The Hall–Kier alpha value is -0.300. The van der Waals surface area contributed by atoms with E-state index in [0.29, 0.717) is 4.83 Å². The van der Waals surface area contributed by atoms with E-state index in [1.54, 1.807) is 0 Å². The zero-order valence-corrected chi connectivity index (χ0v) is 11.6. The second kappa shape index (κ2) is 3.87. The van der Waals surface area contributed by atoms with Crippen molar-refractivity contribution in [1.29, 1.82) is 0 Å². The molecule has 0 radical (unpaired) electrons. The molecular formula is C15H19Br. The van der Waals surface area contributed by atoms with Crippen LogP contribution in [0.2, 0.25) is 0 Å². The molecule has 3 atom stereocenters. The van der Waals surface area contributed by atoms with Crippen molar-refractivity contribution in [3.63, 3.8) is 0 Å². The van der Waals surface area contributed by atoms with Crippen molar-refractivity contribution in [2.75, 3.05) is 0 Å². The number of halogens is 1. The normalized spacial score (nSPS) is 33.6. The van der Waals surface area contributed by atoms with Crippen LogP contribution in [0.4, 0.5) is 0 Å². The fourth-order valence-corrected chi connectivity index (χ4v) is 4.33. The summed E-state index contributed by atoms with van der Waals surface area (Å²) in [7, 11) is 0. The van der Waals surface area contributed by atoms with Gasteiger partial charge in [-0.05, 0) is 62.0 Å². The molecule has 2 aliphatic rings. The molecule has 2 fully saturated rings. The third-order valence-corrected chi connectivity index (χ3v) is 5.66. The van der Waals surface area contributed by atoms with Gasteiger partial charge in [0.2, 0.25) is 0 Å². The number of hydrogen-bond donors (Lipinski definition) is 0. The number of alkyl halides is 1. The lowest BCUT2D eigenvalue weighted by Gasteiger charge is -2.21. The Bertz CT molecular complexity index is 400. The molecule has 1 aromatic carbocycles. The van der Waals surface area contributed by atoms with Gasteiger partial charge in [-0.1, -0.05) is 39.7 Å². The molecule has 0 saturated heterocycles. The van der Waals surface area contributed by atoms with Gasteiger partial charge in [-0.25, -0.2) is 0 Å². The first kappa shape index (κ1) is 10.8.